The van der Waals surface area contributed by atoms with Gasteiger partial charge in [0.05, 0.1) is 23.7 Å². The number of aliphatic imine (C=N–C) groups is 1. The highest BCUT2D eigenvalue weighted by Gasteiger charge is 2.25. The summed E-state index contributed by atoms with van der Waals surface area (Å²) in [5.41, 5.74) is 0.818. The first kappa shape index (κ1) is 18.6. The molecule has 29 heavy (non-hydrogen) atoms. The fraction of sp³-hybridized carbons (Fsp3) is 0.278. The second-order valence-electron chi connectivity index (χ2n) is 6.54. The summed E-state index contributed by atoms with van der Waals surface area (Å²) in [6.45, 7) is 1.19. The van der Waals surface area contributed by atoms with Crippen LogP contribution in [-0.4, -0.2) is 34.4 Å². The molecule has 11 heteroatoms. The van der Waals surface area contributed by atoms with Crippen molar-refractivity contribution in [2.75, 3.05) is 18.0 Å². The number of hydrogen-bond donors (Lipinski definition) is 1. The van der Waals surface area contributed by atoms with E-state index >= 15 is 0 Å². The third kappa shape index (κ3) is 4.08. The van der Waals surface area contributed by atoms with Gasteiger partial charge in [0.1, 0.15) is 10.7 Å². The second-order valence-corrected chi connectivity index (χ2v) is 6.54. The summed E-state index contributed by atoms with van der Waals surface area (Å²) in [5, 5.41) is 16.7. The molecule has 0 saturated carbocycles. The number of furan rings is 1. The first-order valence-electron chi connectivity index (χ1n) is 8.88. The van der Waals surface area contributed by atoms with Gasteiger partial charge in [-0.05, 0) is 31.0 Å². The van der Waals surface area contributed by atoms with Crippen LogP contribution in [0.1, 0.15) is 30.4 Å². The average Bonchev–Trinajstić information content (AvgIpc) is 3.36. The minimum absolute atomic E-state index is 0.0227. The molecule has 3 aromatic rings. The number of H-pyrrole nitrogens is 1. The van der Waals surface area contributed by atoms with Crippen LogP contribution in [0.3, 0.4) is 0 Å². The summed E-state index contributed by atoms with van der Waals surface area (Å²) in [6.07, 6.45) is 2.67. The molecule has 0 spiro atoms. The van der Waals surface area contributed by atoms with Gasteiger partial charge in [0, 0.05) is 25.1 Å². The van der Waals surface area contributed by atoms with E-state index in [0.717, 1.165) is 0 Å². The summed E-state index contributed by atoms with van der Waals surface area (Å²) in [7, 11) is 0. The lowest BCUT2D eigenvalue weighted by Gasteiger charge is -2.32. The number of nitrogens with one attached hydrogen (secondary N) is 1. The number of aromatic amines is 1. The second kappa shape index (κ2) is 7.70. The SMILES string of the molecule is O=c1[nH]nc(C2CCN(c3ccc(N=Cc4ccc([N+](=O)[O-])o4)cc3F)CC2)o1. The molecule has 1 fully saturated rings. The molecule has 150 valence electrons. The summed E-state index contributed by atoms with van der Waals surface area (Å²) in [6, 6.07) is 7.23. The molecule has 0 bridgehead atoms. The van der Waals surface area contributed by atoms with Crippen LogP contribution in [0.5, 0.6) is 0 Å². The lowest BCUT2D eigenvalue weighted by Crippen LogP contribution is -2.33. The van der Waals surface area contributed by atoms with Crippen LogP contribution in [0.2, 0.25) is 0 Å². The predicted molar refractivity (Wildman–Crippen MR) is 100 cm³/mol. The van der Waals surface area contributed by atoms with Gasteiger partial charge in [-0.25, -0.2) is 14.3 Å². The highest BCUT2D eigenvalue weighted by atomic mass is 19.1. The number of benzene rings is 1. The van der Waals surface area contributed by atoms with Gasteiger partial charge in [0.2, 0.25) is 5.89 Å². The van der Waals surface area contributed by atoms with Gasteiger partial charge in [-0.3, -0.25) is 15.1 Å². The van der Waals surface area contributed by atoms with Crippen molar-refractivity contribution in [3.63, 3.8) is 0 Å². The minimum Gasteiger partial charge on any atom is -0.400 e. The molecule has 0 unspecified atom stereocenters. The molecule has 1 N–H and O–H groups in total. The Morgan fingerprint density at radius 1 is 1.28 bits per heavy atom. The van der Waals surface area contributed by atoms with Gasteiger partial charge < -0.3 is 13.7 Å². The average molecular weight is 401 g/mol. The molecule has 10 nitrogen and oxygen atoms in total. The number of rotatable bonds is 5. The summed E-state index contributed by atoms with van der Waals surface area (Å²) in [5.74, 6) is -0.769. The van der Waals surface area contributed by atoms with Crippen molar-refractivity contribution in [2.24, 2.45) is 4.99 Å². The maximum absolute atomic E-state index is 14.6. The zero-order valence-electron chi connectivity index (χ0n) is 15.1. The third-order valence-corrected chi connectivity index (χ3v) is 4.70. The zero-order chi connectivity index (χ0) is 20.4. The predicted octanol–water partition coefficient (Wildman–Crippen LogP) is 3.14. The van der Waals surface area contributed by atoms with Gasteiger partial charge in [0.25, 0.3) is 0 Å². The van der Waals surface area contributed by atoms with Gasteiger partial charge >= 0.3 is 11.6 Å². The van der Waals surface area contributed by atoms with Crippen LogP contribution < -0.4 is 10.7 Å². The van der Waals surface area contributed by atoms with Crippen LogP contribution in [0.25, 0.3) is 0 Å². The Morgan fingerprint density at radius 3 is 2.69 bits per heavy atom. The Bertz CT molecular complexity index is 1110. The largest absolute Gasteiger partial charge is 0.434 e. The van der Waals surface area contributed by atoms with E-state index in [2.05, 4.69) is 15.2 Å². The van der Waals surface area contributed by atoms with E-state index in [9.17, 15) is 19.3 Å². The van der Waals surface area contributed by atoms with E-state index in [1.807, 2.05) is 4.90 Å². The van der Waals surface area contributed by atoms with Crippen molar-refractivity contribution >= 4 is 23.5 Å². The van der Waals surface area contributed by atoms with Crippen molar-refractivity contribution in [3.05, 3.63) is 68.5 Å². The maximum Gasteiger partial charge on any atom is 0.434 e. The molecule has 1 saturated heterocycles. The Kier molecular flexibility index (Phi) is 4.94. The Balaban J connectivity index is 1.41. The third-order valence-electron chi connectivity index (χ3n) is 4.70. The molecule has 0 radical (unpaired) electrons. The fourth-order valence-electron chi connectivity index (χ4n) is 3.26. The number of halogens is 1. The Hall–Kier alpha value is -3.76. The topological polar surface area (TPSA) is 131 Å². The number of aromatic nitrogens is 2. The molecule has 1 aliphatic rings. The van der Waals surface area contributed by atoms with E-state index < -0.39 is 16.5 Å². The van der Waals surface area contributed by atoms with Gasteiger partial charge in [-0.15, -0.1) is 5.10 Å². The summed E-state index contributed by atoms with van der Waals surface area (Å²) < 4.78 is 24.6. The Morgan fingerprint density at radius 2 is 2.07 bits per heavy atom. The monoisotopic (exact) mass is 401 g/mol. The standard InChI is InChI=1S/C18H16FN5O5/c19-14-9-12(20-10-13-2-4-16(28-13)24(26)27)1-3-15(14)23-7-5-11(6-8-23)17-21-22-18(25)29-17/h1-4,9-11H,5-8H2,(H,22,25). The first-order valence-corrected chi connectivity index (χ1v) is 8.88. The Labute approximate surface area is 162 Å². The lowest BCUT2D eigenvalue weighted by molar-refractivity contribution is -0.402. The number of nitrogens with zero attached hydrogens (tertiary/aromatic N) is 4. The molecule has 0 aliphatic carbocycles. The van der Waals surface area contributed by atoms with Crippen molar-refractivity contribution in [3.8, 4) is 0 Å². The molecule has 1 aromatic carbocycles. The van der Waals surface area contributed by atoms with Gasteiger partial charge in [-0.1, -0.05) is 0 Å². The van der Waals surface area contributed by atoms with E-state index in [4.69, 9.17) is 8.83 Å². The minimum atomic E-state index is -0.644. The molecular weight excluding hydrogens is 385 g/mol. The number of piperidine rings is 1. The van der Waals surface area contributed by atoms with E-state index in [0.29, 0.717) is 43.2 Å². The lowest BCUT2D eigenvalue weighted by atomic mass is 9.96. The molecule has 0 atom stereocenters. The normalized spacial score (nSPS) is 15.3. The smallest absolute Gasteiger partial charge is 0.400 e. The van der Waals surface area contributed by atoms with Crippen LogP contribution in [0.4, 0.5) is 21.6 Å². The molecule has 0 amide bonds. The molecule has 2 aromatic heterocycles. The van der Waals surface area contributed by atoms with Crippen LogP contribution >= 0.6 is 0 Å². The number of hydrogen-bond acceptors (Lipinski definition) is 8. The van der Waals surface area contributed by atoms with Crippen molar-refractivity contribution in [2.45, 2.75) is 18.8 Å². The van der Waals surface area contributed by atoms with E-state index in [1.165, 1.54) is 24.4 Å². The highest BCUT2D eigenvalue weighted by molar-refractivity contribution is 5.79. The van der Waals surface area contributed by atoms with Crippen LogP contribution in [0.15, 0.2) is 49.0 Å². The molecule has 1 aliphatic heterocycles. The molecule has 4 rings (SSSR count). The molecule has 3 heterocycles. The number of anilines is 1. The quantitative estimate of drug-likeness (QED) is 0.395. The van der Waals surface area contributed by atoms with E-state index in [-0.39, 0.29) is 17.6 Å². The van der Waals surface area contributed by atoms with Gasteiger partial charge in [-0.2, -0.15) is 0 Å². The van der Waals surface area contributed by atoms with Crippen molar-refractivity contribution in [1.29, 1.82) is 0 Å². The van der Waals surface area contributed by atoms with Crippen molar-refractivity contribution < 1.29 is 18.1 Å². The first-order chi connectivity index (χ1) is 14.0. The van der Waals surface area contributed by atoms with E-state index in [1.54, 1.807) is 12.1 Å². The molecular formula is C18H16FN5O5. The summed E-state index contributed by atoms with van der Waals surface area (Å²) >= 11 is 0. The number of nitro groups is 1. The maximum atomic E-state index is 14.6. The zero-order valence-corrected chi connectivity index (χ0v) is 15.1. The fourth-order valence-corrected chi connectivity index (χ4v) is 3.26. The van der Waals surface area contributed by atoms with Crippen molar-refractivity contribution in [1.82, 2.24) is 10.2 Å². The van der Waals surface area contributed by atoms with Crippen LogP contribution in [-0.2, 0) is 0 Å². The highest BCUT2D eigenvalue weighted by Crippen LogP contribution is 2.31. The van der Waals surface area contributed by atoms with Crippen LogP contribution in [0, 0.1) is 15.9 Å². The summed E-state index contributed by atoms with van der Waals surface area (Å²) in [4.78, 5) is 27.1. The van der Waals surface area contributed by atoms with Gasteiger partial charge in [0.15, 0.2) is 5.76 Å².